The van der Waals surface area contributed by atoms with Crippen LogP contribution in [0.25, 0.3) is 0 Å². The predicted molar refractivity (Wildman–Crippen MR) is 92.7 cm³/mol. The third-order valence-electron chi connectivity index (χ3n) is 5.32. The largest absolute Gasteiger partial charge is 0.460 e. The first-order chi connectivity index (χ1) is 14.2. The highest BCUT2D eigenvalue weighted by Crippen LogP contribution is 2.56. The van der Waals surface area contributed by atoms with E-state index in [1.54, 1.807) is 36.4 Å². The molecule has 31 heavy (non-hydrogen) atoms. The summed E-state index contributed by atoms with van der Waals surface area (Å²) in [4.78, 5) is 12.6. The number of fused-ring (bicyclic) bond motifs is 1. The molecule has 0 radical (unpaired) electrons. The van der Waals surface area contributed by atoms with Crippen molar-refractivity contribution in [3.05, 3.63) is 70.8 Å². The second-order valence-corrected chi connectivity index (χ2v) is 7.38. The van der Waals surface area contributed by atoms with Gasteiger partial charge in [-0.1, -0.05) is 42.5 Å². The average molecular weight is 454 g/mol. The van der Waals surface area contributed by atoms with Gasteiger partial charge in [0.25, 0.3) is 0 Å². The minimum absolute atomic E-state index is 0.236. The van der Waals surface area contributed by atoms with E-state index in [9.17, 15) is 44.3 Å². The predicted octanol–water partition coefficient (Wildman–Crippen LogP) is 6.49. The van der Waals surface area contributed by atoms with Gasteiger partial charge in [0.15, 0.2) is 5.78 Å². The van der Waals surface area contributed by atoms with Crippen LogP contribution in [0.5, 0.6) is 0 Å². The van der Waals surface area contributed by atoms with Gasteiger partial charge in [0.05, 0.1) is 5.92 Å². The Morgan fingerprint density at radius 1 is 0.774 bits per heavy atom. The highest BCUT2D eigenvalue weighted by molar-refractivity contribution is 6.01. The first kappa shape index (κ1) is 23.1. The number of alkyl halides is 9. The molecule has 1 unspecified atom stereocenters. The molecule has 1 atom stereocenters. The number of aryl methyl sites for hydroxylation is 1. The Balaban J connectivity index is 1.94. The van der Waals surface area contributed by atoms with Crippen molar-refractivity contribution in [3.8, 4) is 0 Å². The lowest BCUT2D eigenvalue weighted by molar-refractivity contribution is -0.400. The van der Waals surface area contributed by atoms with E-state index in [1.165, 1.54) is 12.1 Å². The van der Waals surface area contributed by atoms with Crippen LogP contribution in [0.1, 0.15) is 33.5 Å². The van der Waals surface area contributed by atoms with E-state index in [1.807, 2.05) is 0 Å². The highest BCUT2D eigenvalue weighted by Gasteiger charge is 2.83. The Hall–Kier alpha value is -2.52. The number of Topliss-reactive ketones (excluding diaryl/α,β-unsaturated/α-hetero) is 1. The van der Waals surface area contributed by atoms with Crippen molar-refractivity contribution < 1.29 is 44.3 Å². The van der Waals surface area contributed by atoms with Crippen LogP contribution in [0.15, 0.2) is 48.5 Å². The third kappa shape index (κ3) is 3.80. The number of carbonyl (C=O) groups is 1. The fourth-order valence-electron chi connectivity index (χ4n) is 3.58. The average Bonchev–Trinajstić information content (AvgIpc) is 2.68. The Labute approximate surface area is 170 Å². The summed E-state index contributed by atoms with van der Waals surface area (Å²) in [5.41, 5.74) is 1.12. The fraction of sp³-hybridized carbons (Fsp3) is 0.381. The van der Waals surface area contributed by atoms with Gasteiger partial charge in [0.2, 0.25) is 0 Å². The molecule has 168 valence electrons. The summed E-state index contributed by atoms with van der Waals surface area (Å²) >= 11 is 0. The van der Waals surface area contributed by atoms with Gasteiger partial charge in [-0.25, -0.2) is 0 Å². The Kier molecular flexibility index (Phi) is 5.65. The van der Waals surface area contributed by atoms with E-state index < -0.39 is 42.1 Å². The molecule has 1 nitrogen and oxygen atoms in total. The molecular formula is C21H15F9O. The smallest absolute Gasteiger partial charge is 0.294 e. The van der Waals surface area contributed by atoms with Crippen molar-refractivity contribution >= 4 is 5.78 Å². The molecule has 3 rings (SSSR count). The lowest BCUT2D eigenvalue weighted by Gasteiger charge is -2.38. The van der Waals surface area contributed by atoms with Gasteiger partial charge in [-0.15, -0.1) is 0 Å². The number of benzene rings is 2. The van der Waals surface area contributed by atoms with Gasteiger partial charge >= 0.3 is 23.9 Å². The lowest BCUT2D eigenvalue weighted by atomic mass is 9.76. The van der Waals surface area contributed by atoms with Crippen LogP contribution < -0.4 is 0 Å². The quantitative estimate of drug-likeness (QED) is 0.472. The number of carbonyl (C=O) groups excluding carboxylic acids is 1. The molecule has 2 aromatic carbocycles. The van der Waals surface area contributed by atoms with Crippen LogP contribution in [-0.2, 0) is 12.8 Å². The Morgan fingerprint density at radius 2 is 1.39 bits per heavy atom. The first-order valence-electron chi connectivity index (χ1n) is 9.10. The fourth-order valence-corrected chi connectivity index (χ4v) is 3.58. The number of halogens is 9. The minimum atomic E-state index is -7.01. The zero-order chi connectivity index (χ0) is 23.2. The molecule has 0 N–H and O–H groups in total. The van der Waals surface area contributed by atoms with Gasteiger partial charge in [-0.3, -0.25) is 4.79 Å². The first-order valence-corrected chi connectivity index (χ1v) is 9.10. The maximum absolute atomic E-state index is 14.4. The molecular weight excluding hydrogens is 439 g/mol. The summed E-state index contributed by atoms with van der Waals surface area (Å²) in [7, 11) is 0. The minimum Gasteiger partial charge on any atom is -0.294 e. The number of hydrogen-bond donors (Lipinski definition) is 0. The topological polar surface area (TPSA) is 17.1 Å². The van der Waals surface area contributed by atoms with Crippen LogP contribution >= 0.6 is 0 Å². The van der Waals surface area contributed by atoms with Crippen LogP contribution in [-0.4, -0.2) is 29.7 Å². The summed E-state index contributed by atoms with van der Waals surface area (Å²) in [6, 6.07) is 12.9. The Bertz CT molecular complexity index is 965. The number of rotatable bonds is 5. The maximum atomic E-state index is 14.4. The normalized spacial score (nSPS) is 18.1. The van der Waals surface area contributed by atoms with E-state index >= 15 is 0 Å². The van der Waals surface area contributed by atoms with Crippen LogP contribution in [0, 0.1) is 5.92 Å². The van der Waals surface area contributed by atoms with Crippen molar-refractivity contribution in [2.24, 2.45) is 5.92 Å². The molecule has 10 heteroatoms. The van der Waals surface area contributed by atoms with Crippen molar-refractivity contribution in [1.29, 1.82) is 0 Å². The standard InChI is InChI=1S/C21H15F9O/c22-18(23,19(24,25)20(26,27)21(28,29)30)16-9-8-14-7-6-13(11-15(14)17(16)31)10-12-4-2-1-3-5-12/h1-7,11,16H,8-10H2. The lowest BCUT2D eigenvalue weighted by Crippen LogP contribution is -2.64. The van der Waals surface area contributed by atoms with E-state index in [0.29, 0.717) is 5.56 Å². The summed E-state index contributed by atoms with van der Waals surface area (Å²) in [6.07, 6.45) is -7.98. The summed E-state index contributed by atoms with van der Waals surface area (Å²) < 4.78 is 120. The van der Waals surface area contributed by atoms with Crippen LogP contribution in [0.2, 0.25) is 0 Å². The number of hydrogen-bond acceptors (Lipinski definition) is 1. The molecule has 0 heterocycles. The monoisotopic (exact) mass is 454 g/mol. The summed E-state index contributed by atoms with van der Waals surface area (Å²) in [6.45, 7) is 0. The molecule has 2 aromatic rings. The second-order valence-electron chi connectivity index (χ2n) is 7.38. The van der Waals surface area contributed by atoms with E-state index in [2.05, 4.69) is 0 Å². The van der Waals surface area contributed by atoms with Gasteiger partial charge < -0.3 is 0 Å². The summed E-state index contributed by atoms with van der Waals surface area (Å²) in [5, 5.41) is 0. The zero-order valence-corrected chi connectivity index (χ0v) is 15.6. The van der Waals surface area contributed by atoms with Gasteiger partial charge in [0, 0.05) is 5.56 Å². The van der Waals surface area contributed by atoms with Crippen molar-refractivity contribution in [2.75, 3.05) is 0 Å². The molecule has 0 aromatic heterocycles. The van der Waals surface area contributed by atoms with Crippen LogP contribution in [0.3, 0.4) is 0 Å². The van der Waals surface area contributed by atoms with Gasteiger partial charge in [0.1, 0.15) is 0 Å². The molecule has 0 saturated carbocycles. The van der Waals surface area contributed by atoms with Crippen molar-refractivity contribution in [3.63, 3.8) is 0 Å². The van der Waals surface area contributed by atoms with Crippen LogP contribution in [0.4, 0.5) is 39.5 Å². The maximum Gasteiger partial charge on any atom is 0.460 e. The molecule has 0 saturated heterocycles. The van der Waals surface area contributed by atoms with E-state index in [0.717, 1.165) is 5.56 Å². The SMILES string of the molecule is O=C1c2cc(Cc3ccccc3)ccc2CCC1C(F)(F)C(F)(F)C(F)(F)C(F)(F)F. The second kappa shape index (κ2) is 7.56. The third-order valence-corrected chi connectivity index (χ3v) is 5.32. The molecule has 1 aliphatic carbocycles. The summed E-state index contributed by atoms with van der Waals surface area (Å²) in [5.74, 6) is -24.3. The van der Waals surface area contributed by atoms with E-state index in [4.69, 9.17) is 0 Å². The van der Waals surface area contributed by atoms with Gasteiger partial charge in [-0.05, 0) is 42.0 Å². The zero-order valence-electron chi connectivity index (χ0n) is 15.6. The highest BCUT2D eigenvalue weighted by atomic mass is 19.4. The van der Waals surface area contributed by atoms with Crippen molar-refractivity contribution in [2.45, 2.75) is 43.2 Å². The van der Waals surface area contributed by atoms with E-state index in [-0.39, 0.29) is 24.0 Å². The number of ketones is 1. The molecule has 0 spiro atoms. The molecule has 1 aliphatic rings. The molecule has 0 amide bonds. The Morgan fingerprint density at radius 3 is 1.97 bits per heavy atom. The van der Waals surface area contributed by atoms with Crippen molar-refractivity contribution in [1.82, 2.24) is 0 Å². The van der Waals surface area contributed by atoms with Gasteiger partial charge in [-0.2, -0.15) is 39.5 Å². The molecule has 0 bridgehead atoms. The molecule has 0 aliphatic heterocycles. The molecule has 0 fully saturated rings.